The second-order valence-electron chi connectivity index (χ2n) is 4.65. The molecule has 0 aliphatic heterocycles. The van der Waals surface area contributed by atoms with Crippen molar-refractivity contribution in [2.75, 3.05) is 11.9 Å². The summed E-state index contributed by atoms with van der Waals surface area (Å²) in [6.07, 6.45) is 0. The van der Waals surface area contributed by atoms with E-state index < -0.39 is 0 Å². The first-order chi connectivity index (χ1) is 10.1. The van der Waals surface area contributed by atoms with Crippen LogP contribution in [0.25, 0.3) is 0 Å². The summed E-state index contributed by atoms with van der Waals surface area (Å²) < 4.78 is 5.35. The molecule has 0 unspecified atom stereocenters. The highest BCUT2D eigenvalue weighted by molar-refractivity contribution is 5.93. The van der Waals surface area contributed by atoms with Crippen LogP contribution in [0.15, 0.2) is 46.9 Å². The molecular formula is C16H18N2O3. The minimum absolute atomic E-state index is 0.196. The Hall–Kier alpha value is -2.56. The number of nitrogens with zero attached hydrogens (tertiary/aromatic N) is 1. The summed E-state index contributed by atoms with van der Waals surface area (Å²) in [5.74, 6) is 0.0658. The number of rotatable bonds is 5. The first kappa shape index (κ1) is 14.8. The zero-order chi connectivity index (χ0) is 15.2. The van der Waals surface area contributed by atoms with Gasteiger partial charge in [0.1, 0.15) is 0 Å². The third kappa shape index (κ3) is 3.95. The molecule has 0 atom stereocenters. The molecule has 0 bridgehead atoms. The molecular weight excluding hydrogens is 268 g/mol. The van der Waals surface area contributed by atoms with Gasteiger partial charge in [0.05, 0.1) is 0 Å². The molecule has 5 nitrogen and oxygen atoms in total. The zero-order valence-electron chi connectivity index (χ0n) is 12.1. The minimum Gasteiger partial charge on any atom is -0.435 e. The molecule has 2 amide bonds. The Balaban J connectivity index is 2.09. The van der Waals surface area contributed by atoms with Gasteiger partial charge >= 0.3 is 0 Å². The van der Waals surface area contributed by atoms with Crippen LogP contribution < -0.4 is 5.32 Å². The number of amides is 2. The van der Waals surface area contributed by atoms with Crippen molar-refractivity contribution in [3.05, 3.63) is 53.8 Å². The second kappa shape index (κ2) is 6.74. The van der Waals surface area contributed by atoms with Crippen molar-refractivity contribution in [3.63, 3.8) is 0 Å². The van der Waals surface area contributed by atoms with Crippen LogP contribution in [0.1, 0.15) is 30.0 Å². The Labute approximate surface area is 123 Å². The van der Waals surface area contributed by atoms with Crippen LogP contribution in [0.3, 0.4) is 0 Å². The van der Waals surface area contributed by atoms with E-state index in [1.54, 1.807) is 17.0 Å². The van der Waals surface area contributed by atoms with Crippen LogP contribution in [0.4, 0.5) is 5.88 Å². The van der Waals surface area contributed by atoms with Gasteiger partial charge in [0.25, 0.3) is 5.91 Å². The summed E-state index contributed by atoms with van der Waals surface area (Å²) in [5, 5.41) is 2.51. The summed E-state index contributed by atoms with van der Waals surface area (Å²) >= 11 is 0. The van der Waals surface area contributed by atoms with Crippen molar-refractivity contribution in [3.8, 4) is 0 Å². The number of carbonyl (C=O) groups is 2. The summed E-state index contributed by atoms with van der Waals surface area (Å²) in [5.41, 5.74) is 1.06. The molecule has 2 rings (SSSR count). The van der Waals surface area contributed by atoms with Gasteiger partial charge in [0, 0.05) is 26.1 Å². The maximum atomic E-state index is 12.4. The zero-order valence-corrected chi connectivity index (χ0v) is 12.1. The van der Waals surface area contributed by atoms with E-state index in [0.717, 1.165) is 5.56 Å². The van der Waals surface area contributed by atoms with Gasteiger partial charge < -0.3 is 9.32 Å². The molecule has 0 saturated heterocycles. The van der Waals surface area contributed by atoms with Gasteiger partial charge in [-0.1, -0.05) is 30.3 Å². The van der Waals surface area contributed by atoms with Gasteiger partial charge in [0.15, 0.2) is 11.6 Å². The average Bonchev–Trinajstić information content (AvgIpc) is 2.92. The van der Waals surface area contributed by atoms with Gasteiger partial charge in [-0.3, -0.25) is 14.9 Å². The molecule has 1 N–H and O–H groups in total. The lowest BCUT2D eigenvalue weighted by Gasteiger charge is -2.19. The Morgan fingerprint density at radius 1 is 1.14 bits per heavy atom. The van der Waals surface area contributed by atoms with Crippen LogP contribution >= 0.6 is 0 Å². The van der Waals surface area contributed by atoms with E-state index in [0.29, 0.717) is 13.1 Å². The van der Waals surface area contributed by atoms with Crippen LogP contribution in [0.2, 0.25) is 0 Å². The smallest absolute Gasteiger partial charge is 0.289 e. The van der Waals surface area contributed by atoms with E-state index in [2.05, 4.69) is 5.32 Å². The monoisotopic (exact) mass is 286 g/mol. The molecule has 0 fully saturated rings. The van der Waals surface area contributed by atoms with Crippen LogP contribution in [-0.4, -0.2) is 23.3 Å². The summed E-state index contributed by atoms with van der Waals surface area (Å²) in [6.45, 7) is 4.40. The van der Waals surface area contributed by atoms with E-state index in [9.17, 15) is 9.59 Å². The molecule has 2 aromatic rings. The maximum Gasteiger partial charge on any atom is 0.289 e. The number of hydrogen-bond donors (Lipinski definition) is 1. The largest absolute Gasteiger partial charge is 0.435 e. The summed E-state index contributed by atoms with van der Waals surface area (Å²) in [7, 11) is 0. The Morgan fingerprint density at radius 3 is 2.48 bits per heavy atom. The summed E-state index contributed by atoms with van der Waals surface area (Å²) in [4.78, 5) is 25.0. The van der Waals surface area contributed by atoms with E-state index in [-0.39, 0.29) is 23.5 Å². The standard InChI is InChI=1S/C16H18N2O3/c1-3-18(11-13-7-5-4-6-8-13)16(20)14-9-10-15(21-14)17-12(2)19/h4-10H,3,11H2,1-2H3,(H,17,19). The summed E-state index contributed by atoms with van der Waals surface area (Å²) in [6, 6.07) is 12.9. The first-order valence-electron chi connectivity index (χ1n) is 6.80. The quantitative estimate of drug-likeness (QED) is 0.919. The average molecular weight is 286 g/mol. The van der Waals surface area contributed by atoms with E-state index >= 15 is 0 Å². The van der Waals surface area contributed by atoms with Crippen molar-refractivity contribution in [2.45, 2.75) is 20.4 Å². The number of carbonyl (C=O) groups excluding carboxylic acids is 2. The maximum absolute atomic E-state index is 12.4. The molecule has 0 aliphatic rings. The second-order valence-corrected chi connectivity index (χ2v) is 4.65. The van der Waals surface area contributed by atoms with Crippen molar-refractivity contribution >= 4 is 17.7 Å². The van der Waals surface area contributed by atoms with E-state index in [1.807, 2.05) is 37.3 Å². The van der Waals surface area contributed by atoms with Crippen LogP contribution in [0.5, 0.6) is 0 Å². The number of anilines is 1. The first-order valence-corrected chi connectivity index (χ1v) is 6.80. The third-order valence-electron chi connectivity index (χ3n) is 3.00. The Kier molecular flexibility index (Phi) is 4.77. The normalized spacial score (nSPS) is 10.2. The lowest BCUT2D eigenvalue weighted by molar-refractivity contribution is -0.114. The van der Waals surface area contributed by atoms with Crippen molar-refractivity contribution in [2.24, 2.45) is 0 Å². The van der Waals surface area contributed by atoms with Gasteiger partial charge in [-0.2, -0.15) is 0 Å². The SMILES string of the molecule is CCN(Cc1ccccc1)C(=O)c1ccc(NC(C)=O)o1. The highest BCUT2D eigenvalue weighted by Gasteiger charge is 2.18. The Bertz CT molecular complexity index is 619. The molecule has 0 spiro atoms. The molecule has 0 radical (unpaired) electrons. The number of benzene rings is 1. The molecule has 1 aromatic carbocycles. The van der Waals surface area contributed by atoms with Crippen LogP contribution in [0, 0.1) is 0 Å². The third-order valence-corrected chi connectivity index (χ3v) is 3.00. The molecule has 0 saturated carbocycles. The molecule has 5 heteroatoms. The van der Waals surface area contributed by atoms with Crippen molar-refractivity contribution < 1.29 is 14.0 Å². The van der Waals surface area contributed by atoms with Crippen molar-refractivity contribution in [1.29, 1.82) is 0 Å². The number of nitrogens with one attached hydrogen (secondary N) is 1. The van der Waals surface area contributed by atoms with E-state index in [1.165, 1.54) is 6.92 Å². The lowest BCUT2D eigenvalue weighted by Crippen LogP contribution is -2.29. The molecule has 110 valence electrons. The fourth-order valence-corrected chi connectivity index (χ4v) is 1.98. The van der Waals surface area contributed by atoms with E-state index in [4.69, 9.17) is 4.42 Å². The molecule has 0 aliphatic carbocycles. The predicted octanol–water partition coefficient (Wildman–Crippen LogP) is 2.90. The van der Waals surface area contributed by atoms with Gasteiger partial charge in [0.2, 0.25) is 5.91 Å². The number of furan rings is 1. The van der Waals surface area contributed by atoms with Gasteiger partial charge in [-0.15, -0.1) is 0 Å². The Morgan fingerprint density at radius 2 is 1.86 bits per heavy atom. The minimum atomic E-state index is -0.236. The molecule has 1 heterocycles. The predicted molar refractivity (Wildman–Crippen MR) is 79.9 cm³/mol. The fourth-order valence-electron chi connectivity index (χ4n) is 1.98. The van der Waals surface area contributed by atoms with Crippen molar-refractivity contribution in [1.82, 2.24) is 4.90 Å². The van der Waals surface area contributed by atoms with Gasteiger partial charge in [-0.25, -0.2) is 0 Å². The number of hydrogen-bond acceptors (Lipinski definition) is 3. The fraction of sp³-hybridized carbons (Fsp3) is 0.250. The topological polar surface area (TPSA) is 62.6 Å². The highest BCUT2D eigenvalue weighted by atomic mass is 16.4. The molecule has 21 heavy (non-hydrogen) atoms. The van der Waals surface area contributed by atoms with Crippen LogP contribution in [-0.2, 0) is 11.3 Å². The van der Waals surface area contributed by atoms with Gasteiger partial charge in [-0.05, 0) is 18.6 Å². The lowest BCUT2D eigenvalue weighted by atomic mass is 10.2. The highest BCUT2D eigenvalue weighted by Crippen LogP contribution is 2.16. The molecule has 1 aromatic heterocycles.